The van der Waals surface area contributed by atoms with E-state index in [1.807, 2.05) is 37.2 Å². The molecule has 0 saturated heterocycles. The Labute approximate surface area is 181 Å². The van der Waals surface area contributed by atoms with E-state index in [9.17, 15) is 4.79 Å². The van der Waals surface area contributed by atoms with Crippen LogP contribution in [-0.4, -0.2) is 79.6 Å². The number of carbonyl (C=O) groups is 1. The van der Waals surface area contributed by atoms with E-state index in [1.54, 1.807) is 24.7 Å². The molecule has 0 aliphatic carbocycles. The van der Waals surface area contributed by atoms with Gasteiger partial charge >= 0.3 is 0 Å². The molecule has 0 radical (unpaired) electrons. The Balaban J connectivity index is 1.35. The molecule has 2 aliphatic heterocycles. The number of fused-ring (bicyclic) bond motifs is 3. The highest BCUT2D eigenvalue weighted by molar-refractivity contribution is 6.12. The molecule has 9 nitrogen and oxygen atoms in total. The van der Waals surface area contributed by atoms with Gasteiger partial charge in [-0.3, -0.25) is 9.78 Å². The van der Waals surface area contributed by atoms with Gasteiger partial charge < -0.3 is 24.6 Å². The van der Waals surface area contributed by atoms with E-state index >= 15 is 0 Å². The lowest BCUT2D eigenvalue weighted by molar-refractivity contribution is 0.0125. The predicted octanol–water partition coefficient (Wildman–Crippen LogP) is 1.88. The Morgan fingerprint density at radius 2 is 2.23 bits per heavy atom. The van der Waals surface area contributed by atoms with Crippen molar-refractivity contribution in [2.75, 3.05) is 40.6 Å². The number of rotatable bonds is 9. The summed E-state index contributed by atoms with van der Waals surface area (Å²) in [5, 5.41) is 2.93. The number of hydrogen-bond donors (Lipinski definition) is 1. The highest BCUT2D eigenvalue weighted by Crippen LogP contribution is 2.31. The van der Waals surface area contributed by atoms with Crippen LogP contribution < -0.4 is 10.1 Å². The van der Waals surface area contributed by atoms with Gasteiger partial charge in [0, 0.05) is 24.0 Å². The van der Waals surface area contributed by atoms with Crippen LogP contribution in [0.5, 0.6) is 5.75 Å². The molecule has 0 saturated carbocycles. The summed E-state index contributed by atoms with van der Waals surface area (Å²) in [6, 6.07) is 9.14. The number of pyridine rings is 1. The van der Waals surface area contributed by atoms with E-state index in [-0.39, 0.29) is 18.9 Å². The fourth-order valence-electron chi connectivity index (χ4n) is 3.35. The zero-order valence-corrected chi connectivity index (χ0v) is 17.7. The van der Waals surface area contributed by atoms with E-state index in [1.165, 1.54) is 6.20 Å². The van der Waals surface area contributed by atoms with Crippen molar-refractivity contribution in [1.82, 2.24) is 20.1 Å². The van der Waals surface area contributed by atoms with Crippen molar-refractivity contribution in [3.63, 3.8) is 0 Å². The summed E-state index contributed by atoms with van der Waals surface area (Å²) in [6.45, 7) is 2.36. The van der Waals surface area contributed by atoms with Crippen LogP contribution in [0.25, 0.3) is 0 Å². The SMILES string of the molecule is CN(C)CCCOCOc1ccc2c(c1)N=CN1CC(NC(=O)c3cccnc3)N=C21. The maximum atomic E-state index is 12.4. The number of nitrogens with zero attached hydrogens (tertiary/aromatic N) is 5. The molecule has 2 aliphatic rings. The Bertz CT molecular complexity index is 976. The number of hydrogen-bond acceptors (Lipinski definition) is 8. The maximum absolute atomic E-state index is 12.4. The number of carbonyl (C=O) groups excluding carboxylic acids is 1. The normalized spacial score (nSPS) is 16.7. The molecule has 3 heterocycles. The van der Waals surface area contributed by atoms with Crippen LogP contribution in [0.15, 0.2) is 52.7 Å². The van der Waals surface area contributed by atoms with E-state index in [0.29, 0.717) is 24.5 Å². The fourth-order valence-corrected chi connectivity index (χ4v) is 3.35. The first kappa shape index (κ1) is 21.0. The zero-order chi connectivity index (χ0) is 21.6. The van der Waals surface area contributed by atoms with Gasteiger partial charge in [-0.15, -0.1) is 0 Å². The Morgan fingerprint density at radius 3 is 3.03 bits per heavy atom. The lowest BCUT2D eigenvalue weighted by Crippen LogP contribution is -2.38. The number of aromatic nitrogens is 1. The van der Waals surface area contributed by atoms with Crippen molar-refractivity contribution in [2.45, 2.75) is 12.6 Å². The summed E-state index contributed by atoms with van der Waals surface area (Å²) in [5.41, 5.74) is 2.19. The first-order valence-corrected chi connectivity index (χ1v) is 10.2. The van der Waals surface area contributed by atoms with Gasteiger partial charge in [0.1, 0.15) is 17.8 Å². The van der Waals surface area contributed by atoms with Crippen molar-refractivity contribution in [2.24, 2.45) is 9.98 Å². The number of amides is 1. The molecule has 162 valence electrons. The summed E-state index contributed by atoms with van der Waals surface area (Å²) in [5.74, 6) is 1.28. The van der Waals surface area contributed by atoms with Crippen molar-refractivity contribution in [3.05, 3.63) is 53.9 Å². The molecule has 1 N–H and O–H groups in total. The van der Waals surface area contributed by atoms with Crippen molar-refractivity contribution < 1.29 is 14.3 Å². The van der Waals surface area contributed by atoms with Gasteiger partial charge in [-0.05, 0) is 51.3 Å². The second-order valence-electron chi connectivity index (χ2n) is 7.59. The highest BCUT2D eigenvalue weighted by atomic mass is 16.7. The van der Waals surface area contributed by atoms with Crippen LogP contribution in [0.3, 0.4) is 0 Å². The van der Waals surface area contributed by atoms with Crippen LogP contribution in [-0.2, 0) is 4.74 Å². The molecule has 1 amide bonds. The molecular weight excluding hydrogens is 396 g/mol. The lowest BCUT2D eigenvalue weighted by Gasteiger charge is -2.21. The predicted molar refractivity (Wildman–Crippen MR) is 118 cm³/mol. The van der Waals surface area contributed by atoms with Crippen LogP contribution in [0.4, 0.5) is 5.69 Å². The standard InChI is InChI=1S/C22H26N6O3/c1-27(2)9-4-10-30-15-31-17-6-7-18-19(11-17)24-14-28-13-20(25-21(18)28)26-22(29)16-5-3-8-23-12-16/h3,5-8,11-12,14,20H,4,9-10,13,15H2,1-2H3,(H,26,29). The van der Waals surface area contributed by atoms with E-state index in [0.717, 1.165) is 30.1 Å². The van der Waals surface area contributed by atoms with E-state index in [4.69, 9.17) is 9.47 Å². The van der Waals surface area contributed by atoms with Crippen molar-refractivity contribution in [1.29, 1.82) is 0 Å². The molecule has 1 aromatic heterocycles. The second-order valence-corrected chi connectivity index (χ2v) is 7.59. The summed E-state index contributed by atoms with van der Waals surface area (Å²) in [6.07, 6.45) is 5.51. The third-order valence-corrected chi connectivity index (χ3v) is 4.89. The Morgan fingerprint density at radius 1 is 1.32 bits per heavy atom. The summed E-state index contributed by atoms with van der Waals surface area (Å²) in [7, 11) is 4.08. The highest BCUT2D eigenvalue weighted by Gasteiger charge is 2.30. The first-order chi connectivity index (χ1) is 15.1. The Kier molecular flexibility index (Phi) is 6.54. The number of benzene rings is 1. The summed E-state index contributed by atoms with van der Waals surface area (Å²) >= 11 is 0. The molecule has 31 heavy (non-hydrogen) atoms. The average Bonchev–Trinajstić information content (AvgIpc) is 3.19. The number of aliphatic imine (C=N–C) groups is 2. The summed E-state index contributed by atoms with van der Waals surface area (Å²) in [4.78, 5) is 29.6. The van der Waals surface area contributed by atoms with Gasteiger partial charge in [0.05, 0.1) is 30.7 Å². The molecule has 1 atom stereocenters. The molecule has 0 fully saturated rings. The molecular formula is C22H26N6O3. The third kappa shape index (κ3) is 5.25. The van der Waals surface area contributed by atoms with E-state index in [2.05, 4.69) is 25.2 Å². The van der Waals surface area contributed by atoms with Gasteiger partial charge in [0.25, 0.3) is 5.91 Å². The van der Waals surface area contributed by atoms with Crippen LogP contribution in [0, 0.1) is 0 Å². The third-order valence-electron chi connectivity index (χ3n) is 4.89. The van der Waals surface area contributed by atoms with Gasteiger partial charge in [-0.25, -0.2) is 9.98 Å². The van der Waals surface area contributed by atoms with Crippen molar-refractivity contribution >= 4 is 23.8 Å². The molecule has 9 heteroatoms. The molecule has 2 aromatic rings. The molecule has 1 aromatic carbocycles. The topological polar surface area (TPSA) is 91.7 Å². The lowest BCUT2D eigenvalue weighted by atomic mass is 10.1. The van der Waals surface area contributed by atoms with Gasteiger partial charge in [-0.1, -0.05) is 0 Å². The van der Waals surface area contributed by atoms with Crippen LogP contribution in [0.2, 0.25) is 0 Å². The zero-order valence-electron chi connectivity index (χ0n) is 17.7. The quantitative estimate of drug-likeness (QED) is 0.490. The molecule has 0 bridgehead atoms. The van der Waals surface area contributed by atoms with Gasteiger partial charge in [0.2, 0.25) is 0 Å². The molecule has 4 rings (SSSR count). The van der Waals surface area contributed by atoms with Crippen LogP contribution >= 0.6 is 0 Å². The fraction of sp³-hybridized carbons (Fsp3) is 0.364. The van der Waals surface area contributed by atoms with E-state index < -0.39 is 0 Å². The van der Waals surface area contributed by atoms with Crippen LogP contribution in [0.1, 0.15) is 22.3 Å². The first-order valence-electron chi connectivity index (χ1n) is 10.2. The van der Waals surface area contributed by atoms with Crippen molar-refractivity contribution in [3.8, 4) is 5.75 Å². The minimum absolute atomic E-state index is 0.200. The number of nitrogens with one attached hydrogen (secondary N) is 1. The molecule has 0 spiro atoms. The maximum Gasteiger partial charge on any atom is 0.254 e. The number of amidine groups is 1. The Hall–Kier alpha value is -3.30. The smallest absolute Gasteiger partial charge is 0.254 e. The second kappa shape index (κ2) is 9.67. The monoisotopic (exact) mass is 422 g/mol. The average molecular weight is 422 g/mol. The minimum Gasteiger partial charge on any atom is -0.467 e. The molecule has 1 unspecified atom stereocenters. The largest absolute Gasteiger partial charge is 0.467 e. The van der Waals surface area contributed by atoms with Gasteiger partial charge in [0.15, 0.2) is 6.79 Å². The van der Waals surface area contributed by atoms with Gasteiger partial charge in [-0.2, -0.15) is 0 Å². The number of ether oxygens (including phenoxy) is 2. The minimum atomic E-state index is -0.355. The summed E-state index contributed by atoms with van der Waals surface area (Å²) < 4.78 is 11.2.